The minimum absolute atomic E-state index is 0.108. The Balaban J connectivity index is 1.44. The number of hydrogen-bond acceptors (Lipinski definition) is 7. The van der Waals surface area contributed by atoms with Crippen LogP contribution in [0.25, 0.3) is 27.5 Å². The minimum atomic E-state index is -0.108. The van der Waals surface area contributed by atoms with Gasteiger partial charge in [0.2, 0.25) is 5.91 Å². The quantitative estimate of drug-likeness (QED) is 0.442. The van der Waals surface area contributed by atoms with Gasteiger partial charge in [0, 0.05) is 55.2 Å². The Hall–Kier alpha value is -3.01. The van der Waals surface area contributed by atoms with Crippen LogP contribution in [0, 0.1) is 0 Å². The number of nitrogens with zero attached hydrogens (tertiary/aromatic N) is 5. The van der Waals surface area contributed by atoms with Crippen LogP contribution in [-0.4, -0.2) is 48.7 Å². The van der Waals surface area contributed by atoms with Crippen molar-refractivity contribution in [2.75, 3.05) is 23.5 Å². The maximum atomic E-state index is 11.6. The predicted molar refractivity (Wildman–Crippen MR) is 137 cm³/mol. The second-order valence-corrected chi connectivity index (χ2v) is 10.6. The van der Waals surface area contributed by atoms with Gasteiger partial charge in [-0.25, -0.2) is 9.67 Å². The highest BCUT2D eigenvalue weighted by molar-refractivity contribution is 7.99. The largest absolute Gasteiger partial charge is 0.302 e. The third kappa shape index (κ3) is 4.04. The van der Waals surface area contributed by atoms with E-state index in [0.29, 0.717) is 5.13 Å². The molecule has 1 N–H and O–H groups in total. The maximum Gasteiger partial charge on any atom is 0.223 e. The van der Waals surface area contributed by atoms with Gasteiger partial charge in [-0.3, -0.25) is 14.7 Å². The number of thiazole rings is 1. The number of pyridine rings is 1. The number of nitrogens with one attached hydrogen (secondary N) is 1. The van der Waals surface area contributed by atoms with E-state index in [2.05, 4.69) is 45.5 Å². The molecule has 0 unspecified atom stereocenters. The highest BCUT2D eigenvalue weighted by Crippen LogP contribution is 2.44. The first-order valence-corrected chi connectivity index (χ1v) is 13.3. The average Bonchev–Trinajstić information content (AvgIpc) is 3.58. The van der Waals surface area contributed by atoms with E-state index in [-0.39, 0.29) is 5.91 Å². The second-order valence-electron chi connectivity index (χ2n) is 8.56. The molecule has 1 aliphatic carbocycles. The van der Waals surface area contributed by atoms with Crippen LogP contribution >= 0.6 is 23.1 Å². The lowest BCUT2D eigenvalue weighted by atomic mass is 9.95. The Morgan fingerprint density at radius 3 is 2.79 bits per heavy atom. The van der Waals surface area contributed by atoms with Crippen molar-refractivity contribution in [3.05, 3.63) is 65.6 Å². The van der Waals surface area contributed by atoms with Crippen molar-refractivity contribution in [3.8, 4) is 27.5 Å². The van der Waals surface area contributed by atoms with Crippen molar-refractivity contribution in [1.29, 1.82) is 0 Å². The molecule has 172 valence electrons. The van der Waals surface area contributed by atoms with Crippen LogP contribution in [0.2, 0.25) is 0 Å². The molecule has 1 fully saturated rings. The van der Waals surface area contributed by atoms with Gasteiger partial charge in [0.15, 0.2) is 5.13 Å². The number of aryl methyl sites for hydroxylation is 1. The van der Waals surface area contributed by atoms with Crippen molar-refractivity contribution >= 4 is 34.1 Å². The SMILES string of the molecule is CC(=O)Nc1nc2c(s1)-c1c(c(-c3cccnc3)nn1-c1ccc(CN3CCSC3)cc1)CC2. The number of thioether (sulfide) groups is 1. The van der Waals surface area contributed by atoms with Crippen molar-refractivity contribution < 1.29 is 4.79 Å². The van der Waals surface area contributed by atoms with Crippen LogP contribution < -0.4 is 5.32 Å². The zero-order valence-electron chi connectivity index (χ0n) is 18.8. The van der Waals surface area contributed by atoms with Crippen LogP contribution in [0.1, 0.15) is 23.7 Å². The smallest absolute Gasteiger partial charge is 0.223 e. The summed E-state index contributed by atoms with van der Waals surface area (Å²) in [6, 6.07) is 12.7. The lowest BCUT2D eigenvalue weighted by molar-refractivity contribution is -0.114. The molecule has 0 saturated carbocycles. The van der Waals surface area contributed by atoms with E-state index < -0.39 is 0 Å². The summed E-state index contributed by atoms with van der Waals surface area (Å²) in [5.41, 5.74) is 7.59. The number of carbonyl (C=O) groups is 1. The summed E-state index contributed by atoms with van der Waals surface area (Å²) in [5.74, 6) is 2.21. The van der Waals surface area contributed by atoms with E-state index in [1.807, 2.05) is 28.7 Å². The summed E-state index contributed by atoms with van der Waals surface area (Å²) < 4.78 is 2.04. The fourth-order valence-corrected chi connectivity index (χ4v) is 6.68. The molecule has 3 aromatic heterocycles. The molecule has 1 aromatic carbocycles. The van der Waals surface area contributed by atoms with E-state index in [4.69, 9.17) is 10.1 Å². The van der Waals surface area contributed by atoms with Gasteiger partial charge in [-0.1, -0.05) is 23.5 Å². The van der Waals surface area contributed by atoms with Crippen LogP contribution in [0.3, 0.4) is 0 Å². The highest BCUT2D eigenvalue weighted by Gasteiger charge is 2.30. The summed E-state index contributed by atoms with van der Waals surface area (Å²) in [4.78, 5) is 24.2. The molecule has 9 heteroatoms. The number of anilines is 1. The number of hydrogen-bond donors (Lipinski definition) is 1. The van der Waals surface area contributed by atoms with Gasteiger partial charge in [0.05, 0.1) is 27.6 Å². The van der Waals surface area contributed by atoms with E-state index in [9.17, 15) is 4.79 Å². The van der Waals surface area contributed by atoms with Gasteiger partial charge in [-0.15, -0.1) is 11.8 Å². The van der Waals surface area contributed by atoms with E-state index in [1.54, 1.807) is 6.20 Å². The topological polar surface area (TPSA) is 75.9 Å². The number of amides is 1. The lowest BCUT2D eigenvalue weighted by Crippen LogP contribution is -2.18. The molecule has 1 aliphatic heterocycles. The van der Waals surface area contributed by atoms with Crippen molar-refractivity contribution in [1.82, 2.24) is 24.6 Å². The normalized spacial score (nSPS) is 15.2. The fraction of sp³-hybridized carbons (Fsp3) is 0.280. The maximum absolute atomic E-state index is 11.6. The van der Waals surface area contributed by atoms with Gasteiger partial charge < -0.3 is 5.32 Å². The van der Waals surface area contributed by atoms with Gasteiger partial charge in [-0.2, -0.15) is 5.10 Å². The molecule has 7 nitrogen and oxygen atoms in total. The first-order valence-electron chi connectivity index (χ1n) is 11.3. The molecule has 0 bridgehead atoms. The third-order valence-corrected chi connectivity index (χ3v) is 8.18. The molecule has 4 heterocycles. The van der Waals surface area contributed by atoms with Crippen LogP contribution in [0.5, 0.6) is 0 Å². The number of aromatic nitrogens is 4. The number of fused-ring (bicyclic) bond motifs is 3. The van der Waals surface area contributed by atoms with Gasteiger partial charge in [0.1, 0.15) is 0 Å². The highest BCUT2D eigenvalue weighted by atomic mass is 32.2. The number of carbonyl (C=O) groups excluding carboxylic acids is 1. The zero-order chi connectivity index (χ0) is 23.1. The fourth-order valence-electron chi connectivity index (χ4n) is 4.57. The molecule has 6 rings (SSSR count). The first kappa shape index (κ1) is 21.5. The average molecular weight is 489 g/mol. The Kier molecular flexibility index (Phi) is 5.68. The molecule has 0 atom stereocenters. The lowest BCUT2D eigenvalue weighted by Gasteiger charge is -2.16. The molecular formula is C25H24N6OS2. The summed E-state index contributed by atoms with van der Waals surface area (Å²) in [6.45, 7) is 3.64. The molecule has 0 spiro atoms. The van der Waals surface area contributed by atoms with Crippen LogP contribution in [0.4, 0.5) is 5.13 Å². The third-order valence-electron chi connectivity index (χ3n) is 6.14. The Morgan fingerprint density at radius 1 is 1.18 bits per heavy atom. The summed E-state index contributed by atoms with van der Waals surface area (Å²) >= 11 is 3.51. The van der Waals surface area contributed by atoms with Crippen LogP contribution in [-0.2, 0) is 24.2 Å². The number of benzene rings is 1. The molecule has 34 heavy (non-hydrogen) atoms. The van der Waals surface area contributed by atoms with Crippen molar-refractivity contribution in [2.24, 2.45) is 0 Å². The summed E-state index contributed by atoms with van der Waals surface area (Å²) in [6.07, 6.45) is 5.32. The summed E-state index contributed by atoms with van der Waals surface area (Å²) in [5, 5.41) is 8.58. The predicted octanol–water partition coefficient (Wildman–Crippen LogP) is 4.62. The van der Waals surface area contributed by atoms with Gasteiger partial charge in [-0.05, 0) is 42.7 Å². The van der Waals surface area contributed by atoms with Gasteiger partial charge in [0.25, 0.3) is 0 Å². The standard InChI is InChI=1S/C25H24N6OS2/c1-16(32)27-25-28-21-9-8-20-22(18-3-2-10-26-13-18)29-31(23(20)24(21)34-25)19-6-4-17(5-7-19)14-30-11-12-33-15-30/h2-7,10,13H,8-9,11-12,14-15H2,1H3,(H,27,28,32). The summed E-state index contributed by atoms with van der Waals surface area (Å²) in [7, 11) is 0. The van der Waals surface area contributed by atoms with E-state index >= 15 is 0 Å². The van der Waals surface area contributed by atoms with Crippen molar-refractivity contribution in [2.45, 2.75) is 26.3 Å². The van der Waals surface area contributed by atoms with E-state index in [1.165, 1.54) is 35.1 Å². The molecular weight excluding hydrogens is 464 g/mol. The molecule has 2 aliphatic rings. The van der Waals surface area contributed by atoms with Gasteiger partial charge >= 0.3 is 0 Å². The first-order chi connectivity index (χ1) is 16.7. The number of rotatable bonds is 5. The van der Waals surface area contributed by atoms with Crippen molar-refractivity contribution in [3.63, 3.8) is 0 Å². The molecule has 0 radical (unpaired) electrons. The molecule has 1 amide bonds. The molecule has 1 saturated heterocycles. The minimum Gasteiger partial charge on any atom is -0.302 e. The monoisotopic (exact) mass is 488 g/mol. The van der Waals surface area contributed by atoms with Crippen LogP contribution in [0.15, 0.2) is 48.8 Å². The van der Waals surface area contributed by atoms with E-state index in [0.717, 1.165) is 65.0 Å². The Morgan fingerprint density at radius 2 is 2.06 bits per heavy atom. The zero-order valence-corrected chi connectivity index (χ0v) is 20.5. The Labute approximate surface area is 206 Å². The Bertz CT molecular complexity index is 1340. The molecule has 4 aromatic rings. The second kappa shape index (κ2) is 8.98.